The van der Waals surface area contributed by atoms with E-state index in [9.17, 15) is 4.79 Å². The number of H-pyrrole nitrogens is 1. The summed E-state index contributed by atoms with van der Waals surface area (Å²) < 4.78 is 6.05. The van der Waals surface area contributed by atoms with Crippen LogP contribution in [0.4, 0.5) is 0 Å². The number of carbonyl (C=O) groups is 1. The molecule has 0 spiro atoms. The quantitative estimate of drug-likeness (QED) is 0.307. The summed E-state index contributed by atoms with van der Waals surface area (Å²) in [5, 5.41) is 17.0. The van der Waals surface area contributed by atoms with Gasteiger partial charge in [0.1, 0.15) is 24.5 Å². The maximum atomic E-state index is 12.0. The maximum Gasteiger partial charge on any atom is 0.247 e. The van der Waals surface area contributed by atoms with Gasteiger partial charge in [-0.1, -0.05) is 30.3 Å². The molecule has 1 amide bonds. The van der Waals surface area contributed by atoms with Crippen LogP contribution in [0, 0.1) is 12.8 Å². The van der Waals surface area contributed by atoms with Crippen LogP contribution >= 0.6 is 0 Å². The van der Waals surface area contributed by atoms with Gasteiger partial charge in [-0.3, -0.25) is 20.1 Å². The Kier molecular flexibility index (Phi) is 5.07. The molecular formula is C24H23N5O3. The first-order valence-corrected chi connectivity index (χ1v) is 10.5. The Bertz CT molecular complexity index is 1260. The third kappa shape index (κ3) is 3.69. The second-order valence-electron chi connectivity index (χ2n) is 8.27. The SMILES string of the molecule is Cc1cc(COc2ccc(C[C@]3(c4ncn[nH]4)CC3C(=O)NO)cc2)c2ccccc2n1. The lowest BCUT2D eigenvalue weighted by Crippen LogP contribution is -2.27. The summed E-state index contributed by atoms with van der Waals surface area (Å²) in [6.07, 6.45) is 2.64. The van der Waals surface area contributed by atoms with Crippen molar-refractivity contribution in [2.75, 3.05) is 0 Å². The van der Waals surface area contributed by atoms with Crippen molar-refractivity contribution in [1.82, 2.24) is 25.6 Å². The minimum atomic E-state index is -0.487. The monoisotopic (exact) mass is 429 g/mol. The normalized spacial score (nSPS) is 19.6. The molecule has 2 atom stereocenters. The highest BCUT2D eigenvalue weighted by Gasteiger charge is 2.61. The van der Waals surface area contributed by atoms with Gasteiger partial charge >= 0.3 is 0 Å². The number of amides is 1. The summed E-state index contributed by atoms with van der Waals surface area (Å²) in [7, 11) is 0. The number of carbonyl (C=O) groups excluding carboxylic acids is 1. The van der Waals surface area contributed by atoms with Crippen LogP contribution in [0.1, 0.15) is 29.1 Å². The fourth-order valence-electron chi connectivity index (χ4n) is 4.46. The molecule has 8 nitrogen and oxygen atoms in total. The Morgan fingerprint density at radius 2 is 2.06 bits per heavy atom. The van der Waals surface area contributed by atoms with E-state index < -0.39 is 11.3 Å². The van der Waals surface area contributed by atoms with E-state index in [1.165, 1.54) is 6.33 Å². The van der Waals surface area contributed by atoms with Crippen LogP contribution in [0.5, 0.6) is 5.75 Å². The Labute approximate surface area is 184 Å². The van der Waals surface area contributed by atoms with E-state index in [0.29, 0.717) is 25.3 Å². The van der Waals surface area contributed by atoms with Gasteiger partial charge in [0, 0.05) is 22.1 Å². The first-order valence-electron chi connectivity index (χ1n) is 10.5. The number of hydrogen-bond donors (Lipinski definition) is 3. The number of hydrogen-bond acceptors (Lipinski definition) is 6. The largest absolute Gasteiger partial charge is 0.489 e. The van der Waals surface area contributed by atoms with Gasteiger partial charge in [-0.05, 0) is 49.6 Å². The molecule has 162 valence electrons. The zero-order chi connectivity index (χ0) is 22.1. The van der Waals surface area contributed by atoms with Crippen LogP contribution in [0.25, 0.3) is 10.9 Å². The van der Waals surface area contributed by atoms with Crippen molar-refractivity contribution in [3.05, 3.63) is 83.6 Å². The molecule has 5 rings (SSSR count). The molecular weight excluding hydrogens is 406 g/mol. The molecule has 1 aliphatic carbocycles. The fraction of sp³-hybridized carbons (Fsp3) is 0.250. The number of ether oxygens (including phenoxy) is 1. The molecule has 2 aromatic carbocycles. The molecule has 1 saturated carbocycles. The van der Waals surface area contributed by atoms with Gasteiger partial charge < -0.3 is 4.74 Å². The van der Waals surface area contributed by atoms with Crippen LogP contribution in [0.2, 0.25) is 0 Å². The van der Waals surface area contributed by atoms with E-state index >= 15 is 0 Å². The van der Waals surface area contributed by atoms with Crippen LogP contribution < -0.4 is 10.2 Å². The van der Waals surface area contributed by atoms with Gasteiger partial charge in [0.25, 0.3) is 0 Å². The minimum Gasteiger partial charge on any atom is -0.489 e. The topological polar surface area (TPSA) is 113 Å². The lowest BCUT2D eigenvalue weighted by molar-refractivity contribution is -0.131. The van der Waals surface area contributed by atoms with Gasteiger partial charge in [0.05, 0.1) is 11.4 Å². The first-order chi connectivity index (χ1) is 15.6. The van der Waals surface area contributed by atoms with Crippen LogP contribution in [-0.4, -0.2) is 31.3 Å². The third-order valence-electron chi connectivity index (χ3n) is 6.16. The highest BCUT2D eigenvalue weighted by atomic mass is 16.5. The molecule has 0 saturated heterocycles. The molecule has 4 aromatic rings. The van der Waals surface area contributed by atoms with Crippen molar-refractivity contribution < 1.29 is 14.7 Å². The Hall–Kier alpha value is -3.78. The van der Waals surface area contributed by atoms with Crippen LogP contribution in [-0.2, 0) is 23.2 Å². The molecule has 32 heavy (non-hydrogen) atoms. The van der Waals surface area contributed by atoms with Crippen molar-refractivity contribution in [2.24, 2.45) is 5.92 Å². The number of nitrogens with zero attached hydrogens (tertiary/aromatic N) is 3. The molecule has 2 heterocycles. The number of rotatable bonds is 7. The molecule has 8 heteroatoms. The molecule has 0 aliphatic heterocycles. The summed E-state index contributed by atoms with van der Waals surface area (Å²) in [4.78, 5) is 20.9. The van der Waals surface area contributed by atoms with Crippen molar-refractivity contribution in [2.45, 2.75) is 31.8 Å². The van der Waals surface area contributed by atoms with Crippen molar-refractivity contribution in [1.29, 1.82) is 0 Å². The molecule has 1 unspecified atom stereocenters. The number of benzene rings is 2. The number of para-hydroxylation sites is 1. The lowest BCUT2D eigenvalue weighted by Gasteiger charge is -2.15. The summed E-state index contributed by atoms with van der Waals surface area (Å²) in [6, 6.07) is 18.0. The number of pyridine rings is 1. The number of hydroxylamine groups is 1. The molecule has 2 aromatic heterocycles. The van der Waals surface area contributed by atoms with Crippen molar-refractivity contribution in [3.63, 3.8) is 0 Å². The molecule has 1 aliphatic rings. The number of aromatic nitrogens is 4. The minimum absolute atomic E-state index is 0.348. The summed E-state index contributed by atoms with van der Waals surface area (Å²) in [5.74, 6) is 0.675. The number of nitrogens with one attached hydrogen (secondary N) is 2. The Balaban J connectivity index is 1.30. The molecule has 3 N–H and O–H groups in total. The second kappa shape index (κ2) is 8.05. The van der Waals surface area contributed by atoms with Crippen LogP contribution in [0.15, 0.2) is 60.9 Å². The van der Waals surface area contributed by atoms with E-state index in [0.717, 1.165) is 33.5 Å². The van der Waals surface area contributed by atoms with E-state index in [2.05, 4.69) is 32.3 Å². The van der Waals surface area contributed by atoms with Gasteiger partial charge in [0.15, 0.2) is 0 Å². The molecule has 0 bridgehead atoms. The third-order valence-corrected chi connectivity index (χ3v) is 6.16. The standard InChI is InChI=1S/C24H23N5O3/c1-15-10-17(19-4-2-3-5-21(19)27-15)13-32-18-8-6-16(7-9-18)11-24(23-25-14-26-28-23)12-20(24)22(30)29-31/h2-10,14,20,31H,11-13H2,1H3,(H,29,30)(H,25,26,28)/t20?,24-/m0/s1. The van der Waals surface area contributed by atoms with E-state index in [1.807, 2.05) is 49.4 Å². The van der Waals surface area contributed by atoms with E-state index in [-0.39, 0.29) is 5.92 Å². The summed E-state index contributed by atoms with van der Waals surface area (Å²) >= 11 is 0. The average molecular weight is 429 g/mol. The molecule has 1 fully saturated rings. The lowest BCUT2D eigenvalue weighted by atomic mass is 9.92. The predicted octanol–water partition coefficient (Wildman–Crippen LogP) is 3.25. The van der Waals surface area contributed by atoms with Crippen molar-refractivity contribution in [3.8, 4) is 5.75 Å². The Morgan fingerprint density at radius 1 is 1.25 bits per heavy atom. The Morgan fingerprint density at radius 3 is 2.81 bits per heavy atom. The smallest absolute Gasteiger partial charge is 0.247 e. The first kappa shape index (κ1) is 20.1. The number of aromatic amines is 1. The van der Waals surface area contributed by atoms with E-state index in [1.54, 1.807) is 5.48 Å². The van der Waals surface area contributed by atoms with E-state index in [4.69, 9.17) is 9.94 Å². The van der Waals surface area contributed by atoms with Crippen molar-refractivity contribution >= 4 is 16.8 Å². The number of fused-ring (bicyclic) bond motifs is 1. The second-order valence-corrected chi connectivity index (χ2v) is 8.27. The van der Waals surface area contributed by atoms with Gasteiger partial charge in [0.2, 0.25) is 5.91 Å². The highest BCUT2D eigenvalue weighted by molar-refractivity contribution is 5.83. The highest BCUT2D eigenvalue weighted by Crippen LogP contribution is 2.55. The summed E-state index contributed by atoms with van der Waals surface area (Å²) in [5.41, 5.74) is 5.34. The zero-order valence-electron chi connectivity index (χ0n) is 17.6. The average Bonchev–Trinajstić information content (AvgIpc) is 3.26. The van der Waals surface area contributed by atoms with Gasteiger partial charge in [-0.25, -0.2) is 10.5 Å². The fourth-order valence-corrected chi connectivity index (χ4v) is 4.46. The maximum absolute atomic E-state index is 12.0. The number of aryl methyl sites for hydroxylation is 1. The van der Waals surface area contributed by atoms with Gasteiger partial charge in [-0.2, -0.15) is 5.10 Å². The predicted molar refractivity (Wildman–Crippen MR) is 117 cm³/mol. The zero-order valence-corrected chi connectivity index (χ0v) is 17.6. The van der Waals surface area contributed by atoms with Gasteiger partial charge in [-0.15, -0.1) is 0 Å². The molecule has 0 radical (unpaired) electrons. The summed E-state index contributed by atoms with van der Waals surface area (Å²) in [6.45, 7) is 2.43. The van der Waals surface area contributed by atoms with Crippen LogP contribution in [0.3, 0.4) is 0 Å².